The lowest BCUT2D eigenvalue weighted by molar-refractivity contribution is -0.138. The summed E-state index contributed by atoms with van der Waals surface area (Å²) in [4.78, 5) is 30.2. The van der Waals surface area contributed by atoms with Crippen LogP contribution in [-0.2, 0) is 19.1 Å². The van der Waals surface area contributed by atoms with Crippen molar-refractivity contribution in [1.29, 1.82) is 0 Å². The van der Waals surface area contributed by atoms with E-state index in [0.717, 1.165) is 12.2 Å². The Hall–Kier alpha value is -2.81. The number of carbonyl (C=O) groups excluding carboxylic acids is 2. The number of thiocarbonyl (C=S) groups is 1. The maximum atomic E-state index is 10.9. The number of nitrogens with zero attached hydrogens (tertiary/aromatic N) is 2. The molecule has 0 fully saturated rings. The van der Waals surface area contributed by atoms with Crippen LogP contribution in [0.25, 0.3) is 0 Å². The second-order valence-corrected chi connectivity index (χ2v) is 4.45. The van der Waals surface area contributed by atoms with Crippen molar-refractivity contribution in [2.24, 2.45) is 0 Å². The second kappa shape index (κ2) is 10.8. The molecule has 1 heterocycles. The van der Waals surface area contributed by atoms with Crippen molar-refractivity contribution in [2.75, 3.05) is 36.9 Å². The molecule has 0 aliphatic heterocycles. The molecule has 9 heteroatoms. The monoisotopic (exact) mass is 350 g/mol. The number of hydrogen-bond donors (Lipinski definition) is 2. The quantitative estimate of drug-likeness (QED) is 0.263. The molecule has 0 unspecified atom stereocenters. The van der Waals surface area contributed by atoms with Crippen LogP contribution in [0.15, 0.2) is 31.4 Å². The molecule has 1 rings (SSSR count). The Labute approximate surface area is 145 Å². The maximum absolute atomic E-state index is 10.9. The highest BCUT2D eigenvalue weighted by Gasteiger charge is 2.04. The van der Waals surface area contributed by atoms with E-state index in [1.54, 1.807) is 6.07 Å². The van der Waals surface area contributed by atoms with E-state index in [1.807, 2.05) is 0 Å². The lowest BCUT2D eigenvalue weighted by Crippen LogP contribution is -2.16. The maximum Gasteiger partial charge on any atom is 0.330 e. The van der Waals surface area contributed by atoms with E-state index in [9.17, 15) is 9.59 Å². The average molecular weight is 350 g/mol. The van der Waals surface area contributed by atoms with Gasteiger partial charge in [0.15, 0.2) is 5.82 Å². The van der Waals surface area contributed by atoms with Crippen LogP contribution < -0.4 is 10.6 Å². The van der Waals surface area contributed by atoms with Gasteiger partial charge in [0.25, 0.3) is 0 Å². The summed E-state index contributed by atoms with van der Waals surface area (Å²) in [5.41, 5.74) is 0. The zero-order valence-electron chi connectivity index (χ0n) is 13.0. The van der Waals surface area contributed by atoms with Crippen molar-refractivity contribution in [2.45, 2.75) is 0 Å². The first-order valence-electron chi connectivity index (χ1n) is 6.99. The minimum atomic E-state index is -0.490. The SMILES string of the molecule is C=CC(=O)OCCNc1cc(NCCOC(=O)C=C)nc(C=S)n1. The molecule has 8 nitrogen and oxygen atoms in total. The fourth-order valence-electron chi connectivity index (χ4n) is 1.48. The normalized spacial score (nSPS) is 9.50. The molecule has 0 radical (unpaired) electrons. The highest BCUT2D eigenvalue weighted by atomic mass is 32.1. The molecular formula is C15H18N4O4S. The number of nitrogens with one attached hydrogen (secondary N) is 2. The van der Waals surface area contributed by atoms with Gasteiger partial charge in [-0.05, 0) is 0 Å². The fourth-order valence-corrected chi connectivity index (χ4v) is 1.58. The van der Waals surface area contributed by atoms with Crippen LogP contribution in [0.2, 0.25) is 0 Å². The summed E-state index contributed by atoms with van der Waals surface area (Å²) in [5.74, 6) is 0.400. The van der Waals surface area contributed by atoms with Gasteiger partial charge in [-0.15, -0.1) is 0 Å². The Morgan fingerprint density at radius 1 is 1.04 bits per heavy atom. The standard InChI is InChI=1S/C15H18N4O4S/c1-3-14(20)22-7-5-16-11-9-12(19-13(10-24)18-11)17-6-8-23-15(21)4-2/h3-4,9-10H,1-2,5-8H2,(H2,16,17,18,19). The van der Waals surface area contributed by atoms with Gasteiger partial charge in [0, 0.05) is 23.6 Å². The van der Waals surface area contributed by atoms with E-state index in [1.165, 1.54) is 5.37 Å². The van der Waals surface area contributed by atoms with E-state index in [0.29, 0.717) is 30.5 Å². The predicted molar refractivity (Wildman–Crippen MR) is 94.1 cm³/mol. The van der Waals surface area contributed by atoms with Gasteiger partial charge in [-0.2, -0.15) is 0 Å². The van der Waals surface area contributed by atoms with E-state index in [4.69, 9.17) is 21.7 Å². The van der Waals surface area contributed by atoms with Gasteiger partial charge in [0.2, 0.25) is 0 Å². The number of ether oxygens (including phenoxy) is 2. The average Bonchev–Trinajstić information content (AvgIpc) is 2.61. The lowest BCUT2D eigenvalue weighted by atomic mass is 10.4. The largest absolute Gasteiger partial charge is 0.461 e. The van der Waals surface area contributed by atoms with Gasteiger partial charge in [-0.1, -0.05) is 25.4 Å². The highest BCUT2D eigenvalue weighted by molar-refractivity contribution is 7.79. The minimum absolute atomic E-state index is 0.169. The van der Waals surface area contributed by atoms with Crippen LogP contribution in [0.4, 0.5) is 11.6 Å². The summed E-state index contributed by atoms with van der Waals surface area (Å²) < 4.78 is 9.70. The molecule has 0 aliphatic carbocycles. The molecule has 1 aromatic heterocycles. The Morgan fingerprint density at radius 2 is 1.50 bits per heavy atom. The molecule has 128 valence electrons. The Bertz CT molecular complexity index is 575. The number of anilines is 2. The Kier molecular flexibility index (Phi) is 8.69. The van der Waals surface area contributed by atoms with Crippen molar-refractivity contribution < 1.29 is 19.1 Å². The smallest absolute Gasteiger partial charge is 0.330 e. The summed E-state index contributed by atoms with van der Waals surface area (Å²) in [6, 6.07) is 1.66. The van der Waals surface area contributed by atoms with E-state index in [2.05, 4.69) is 33.8 Å². The third-order valence-corrected chi connectivity index (χ3v) is 2.70. The number of carbonyl (C=O) groups is 2. The Morgan fingerprint density at radius 3 is 1.88 bits per heavy atom. The third-order valence-electron chi connectivity index (χ3n) is 2.49. The van der Waals surface area contributed by atoms with Crippen LogP contribution in [0, 0.1) is 0 Å². The van der Waals surface area contributed by atoms with Crippen molar-refractivity contribution in [3.63, 3.8) is 0 Å². The molecule has 0 bridgehead atoms. The first kappa shape index (κ1) is 19.2. The lowest BCUT2D eigenvalue weighted by Gasteiger charge is -2.10. The summed E-state index contributed by atoms with van der Waals surface area (Å²) in [5, 5.41) is 7.32. The van der Waals surface area contributed by atoms with Crippen LogP contribution >= 0.6 is 12.2 Å². The van der Waals surface area contributed by atoms with Gasteiger partial charge >= 0.3 is 11.9 Å². The fraction of sp³-hybridized carbons (Fsp3) is 0.267. The van der Waals surface area contributed by atoms with Crippen LogP contribution in [0.3, 0.4) is 0 Å². The van der Waals surface area contributed by atoms with Crippen LogP contribution in [0.5, 0.6) is 0 Å². The summed E-state index contributed by atoms with van der Waals surface area (Å²) >= 11 is 4.84. The van der Waals surface area contributed by atoms with Gasteiger partial charge in [-0.3, -0.25) is 0 Å². The van der Waals surface area contributed by atoms with E-state index < -0.39 is 11.9 Å². The van der Waals surface area contributed by atoms with E-state index >= 15 is 0 Å². The van der Waals surface area contributed by atoms with Gasteiger partial charge in [-0.25, -0.2) is 19.6 Å². The van der Waals surface area contributed by atoms with Crippen LogP contribution in [0.1, 0.15) is 5.82 Å². The summed E-state index contributed by atoms with van der Waals surface area (Å²) in [6.45, 7) is 7.68. The molecule has 0 spiro atoms. The summed E-state index contributed by atoms with van der Waals surface area (Å²) in [7, 11) is 0. The molecule has 24 heavy (non-hydrogen) atoms. The molecule has 2 N–H and O–H groups in total. The van der Waals surface area contributed by atoms with Gasteiger partial charge in [0.05, 0.1) is 13.1 Å². The van der Waals surface area contributed by atoms with Crippen molar-refractivity contribution in [3.05, 3.63) is 37.2 Å². The number of aromatic nitrogens is 2. The van der Waals surface area contributed by atoms with Crippen molar-refractivity contribution >= 4 is 41.2 Å². The molecule has 0 atom stereocenters. The molecule has 0 saturated carbocycles. The van der Waals surface area contributed by atoms with Crippen LogP contribution in [-0.4, -0.2) is 53.6 Å². The molecule has 0 aromatic carbocycles. The van der Waals surface area contributed by atoms with Gasteiger partial charge < -0.3 is 20.1 Å². The number of esters is 2. The number of rotatable bonds is 11. The van der Waals surface area contributed by atoms with E-state index in [-0.39, 0.29) is 13.2 Å². The molecule has 0 saturated heterocycles. The zero-order chi connectivity index (χ0) is 17.8. The van der Waals surface area contributed by atoms with Gasteiger partial charge in [0.1, 0.15) is 24.8 Å². The summed E-state index contributed by atoms with van der Waals surface area (Å²) in [6.07, 6.45) is 2.19. The molecular weight excluding hydrogens is 332 g/mol. The second-order valence-electron chi connectivity index (χ2n) is 4.21. The first-order valence-corrected chi connectivity index (χ1v) is 7.46. The minimum Gasteiger partial charge on any atom is -0.461 e. The van der Waals surface area contributed by atoms with Crippen molar-refractivity contribution in [1.82, 2.24) is 9.97 Å². The molecule has 1 aromatic rings. The third kappa shape index (κ3) is 7.45. The molecule has 0 aliphatic rings. The number of hydrogen-bond acceptors (Lipinski definition) is 9. The Balaban J connectivity index is 2.52. The first-order chi connectivity index (χ1) is 11.6. The zero-order valence-corrected chi connectivity index (χ0v) is 13.8. The topological polar surface area (TPSA) is 102 Å². The molecule has 0 amide bonds. The van der Waals surface area contributed by atoms with Crippen molar-refractivity contribution in [3.8, 4) is 0 Å². The predicted octanol–water partition coefficient (Wildman–Crippen LogP) is 1.11. The highest BCUT2D eigenvalue weighted by Crippen LogP contribution is 2.10.